The van der Waals surface area contributed by atoms with Crippen molar-refractivity contribution < 1.29 is 5.11 Å². The molecule has 1 aromatic carbocycles. The lowest BCUT2D eigenvalue weighted by Gasteiger charge is -2.30. The maximum atomic E-state index is 9.23. The Morgan fingerprint density at radius 3 is 2.53 bits per heavy atom. The molecule has 4 heteroatoms. The Hall–Kier alpha value is -0.280. The van der Waals surface area contributed by atoms with E-state index in [2.05, 4.69) is 0 Å². The van der Waals surface area contributed by atoms with Crippen molar-refractivity contribution in [1.29, 1.82) is 0 Å². The van der Waals surface area contributed by atoms with Gasteiger partial charge in [-0.15, -0.1) is 0 Å². The van der Waals surface area contributed by atoms with E-state index in [1.165, 1.54) is 0 Å². The highest BCUT2D eigenvalue weighted by molar-refractivity contribution is 6.42. The second-order valence-corrected chi connectivity index (χ2v) is 5.05. The molecule has 3 N–H and O–H groups in total. The molecule has 15 heavy (non-hydrogen) atoms. The second kappa shape index (κ2) is 4.71. The molecule has 0 spiro atoms. The predicted molar refractivity (Wildman–Crippen MR) is 64.3 cm³/mol. The Labute approximate surface area is 100.0 Å². The molecule has 0 saturated heterocycles. The molecule has 84 valence electrons. The lowest BCUT2D eigenvalue weighted by atomic mass is 9.82. The summed E-state index contributed by atoms with van der Waals surface area (Å²) in [6.07, 6.45) is 0. The predicted octanol–water partition coefficient (Wildman–Crippen LogP) is 3.01. The van der Waals surface area contributed by atoms with Crippen LogP contribution in [0.4, 0.5) is 0 Å². The standard InChI is InChI=1S/C11H15Cl2NO/c1-11(2,6-15)10(14)7-4-3-5-8(12)9(7)13/h3-5,10,15H,6,14H2,1-2H3/t10-/m1/s1. The van der Waals surface area contributed by atoms with E-state index < -0.39 is 5.41 Å². The molecule has 0 heterocycles. The minimum Gasteiger partial charge on any atom is -0.396 e. The van der Waals surface area contributed by atoms with Crippen molar-refractivity contribution in [3.05, 3.63) is 33.8 Å². The van der Waals surface area contributed by atoms with E-state index in [1.807, 2.05) is 19.9 Å². The number of hydrogen-bond acceptors (Lipinski definition) is 2. The molecule has 0 aromatic heterocycles. The smallest absolute Gasteiger partial charge is 0.0640 e. The molecule has 0 radical (unpaired) electrons. The number of nitrogens with two attached hydrogens (primary N) is 1. The highest BCUT2D eigenvalue weighted by Gasteiger charge is 2.28. The van der Waals surface area contributed by atoms with Crippen LogP contribution in [0.1, 0.15) is 25.5 Å². The van der Waals surface area contributed by atoms with Gasteiger partial charge >= 0.3 is 0 Å². The largest absolute Gasteiger partial charge is 0.396 e. The van der Waals surface area contributed by atoms with Crippen LogP contribution >= 0.6 is 23.2 Å². The lowest BCUT2D eigenvalue weighted by Crippen LogP contribution is -2.32. The first-order valence-corrected chi connectivity index (χ1v) is 5.46. The van der Waals surface area contributed by atoms with E-state index in [9.17, 15) is 5.11 Å². The van der Waals surface area contributed by atoms with Gasteiger partial charge in [0.25, 0.3) is 0 Å². The number of hydrogen-bond donors (Lipinski definition) is 2. The Kier molecular flexibility index (Phi) is 4.01. The van der Waals surface area contributed by atoms with Crippen molar-refractivity contribution in [1.82, 2.24) is 0 Å². The molecule has 0 fully saturated rings. The van der Waals surface area contributed by atoms with Gasteiger partial charge in [0, 0.05) is 18.1 Å². The Morgan fingerprint density at radius 1 is 1.40 bits per heavy atom. The maximum Gasteiger partial charge on any atom is 0.0640 e. The zero-order valence-electron chi connectivity index (χ0n) is 8.80. The Balaban J connectivity index is 3.12. The molecule has 2 nitrogen and oxygen atoms in total. The molecule has 0 unspecified atom stereocenters. The van der Waals surface area contributed by atoms with Gasteiger partial charge in [-0.2, -0.15) is 0 Å². The summed E-state index contributed by atoms with van der Waals surface area (Å²) in [4.78, 5) is 0. The van der Waals surface area contributed by atoms with Gasteiger partial charge in [-0.1, -0.05) is 49.2 Å². The molecular weight excluding hydrogens is 233 g/mol. The summed E-state index contributed by atoms with van der Waals surface area (Å²) in [5, 5.41) is 10.2. The van der Waals surface area contributed by atoms with Crippen LogP contribution in [0.25, 0.3) is 0 Å². The monoisotopic (exact) mass is 247 g/mol. The van der Waals surface area contributed by atoms with Gasteiger partial charge in [0.15, 0.2) is 0 Å². The fraction of sp³-hybridized carbons (Fsp3) is 0.455. The summed E-state index contributed by atoms with van der Waals surface area (Å²) >= 11 is 12.0. The van der Waals surface area contributed by atoms with Gasteiger partial charge in [0.05, 0.1) is 10.0 Å². The third-order valence-corrected chi connectivity index (χ3v) is 3.40. The zero-order valence-corrected chi connectivity index (χ0v) is 10.3. The third kappa shape index (κ3) is 2.64. The Bertz CT molecular complexity index is 352. The molecule has 1 atom stereocenters. The number of halogens is 2. The highest BCUT2D eigenvalue weighted by atomic mass is 35.5. The first kappa shape index (κ1) is 12.8. The minimum absolute atomic E-state index is 0.00297. The van der Waals surface area contributed by atoms with Crippen LogP contribution in [0.5, 0.6) is 0 Å². The van der Waals surface area contributed by atoms with Gasteiger partial charge < -0.3 is 10.8 Å². The number of benzene rings is 1. The molecule has 0 aliphatic rings. The van der Waals surface area contributed by atoms with E-state index in [4.69, 9.17) is 28.9 Å². The van der Waals surface area contributed by atoms with E-state index in [0.717, 1.165) is 5.56 Å². The van der Waals surface area contributed by atoms with Crippen molar-refractivity contribution in [3.8, 4) is 0 Å². The SMILES string of the molecule is CC(C)(CO)[C@H](N)c1cccc(Cl)c1Cl. The van der Waals surface area contributed by atoms with Crippen LogP contribution in [-0.4, -0.2) is 11.7 Å². The van der Waals surface area contributed by atoms with Crippen LogP contribution in [0.2, 0.25) is 10.0 Å². The summed E-state index contributed by atoms with van der Waals surface area (Å²) in [5.41, 5.74) is 6.39. The summed E-state index contributed by atoms with van der Waals surface area (Å²) in [6, 6.07) is 5.01. The fourth-order valence-electron chi connectivity index (χ4n) is 1.28. The summed E-state index contributed by atoms with van der Waals surface area (Å²) < 4.78 is 0. The first-order chi connectivity index (χ1) is 6.90. The third-order valence-electron chi connectivity index (χ3n) is 2.57. The molecule has 0 bridgehead atoms. The molecule has 0 amide bonds. The van der Waals surface area contributed by atoms with Gasteiger partial charge in [-0.25, -0.2) is 0 Å². The van der Waals surface area contributed by atoms with Crippen LogP contribution in [0, 0.1) is 5.41 Å². The number of aliphatic hydroxyl groups is 1. The number of rotatable bonds is 3. The van der Waals surface area contributed by atoms with E-state index in [0.29, 0.717) is 10.0 Å². The first-order valence-electron chi connectivity index (χ1n) is 4.70. The quantitative estimate of drug-likeness (QED) is 0.863. The van der Waals surface area contributed by atoms with Crippen LogP contribution in [0.3, 0.4) is 0 Å². The molecular formula is C11H15Cl2NO. The van der Waals surface area contributed by atoms with Crippen LogP contribution < -0.4 is 5.73 Å². The zero-order chi connectivity index (χ0) is 11.6. The Morgan fingerprint density at radius 2 is 2.00 bits per heavy atom. The van der Waals surface area contributed by atoms with Crippen LogP contribution in [0.15, 0.2) is 18.2 Å². The maximum absolute atomic E-state index is 9.23. The fourth-order valence-corrected chi connectivity index (χ4v) is 1.71. The minimum atomic E-state index is -0.422. The molecule has 0 saturated carbocycles. The van der Waals surface area contributed by atoms with Gasteiger partial charge in [-0.3, -0.25) is 0 Å². The topological polar surface area (TPSA) is 46.2 Å². The molecule has 1 aromatic rings. The molecule has 1 rings (SSSR count). The van der Waals surface area contributed by atoms with Gasteiger partial charge in [-0.05, 0) is 11.6 Å². The average molecular weight is 248 g/mol. The van der Waals surface area contributed by atoms with Crippen molar-refractivity contribution in [2.24, 2.45) is 11.1 Å². The van der Waals surface area contributed by atoms with E-state index >= 15 is 0 Å². The van der Waals surface area contributed by atoms with Crippen molar-refractivity contribution in [2.75, 3.05) is 6.61 Å². The summed E-state index contributed by atoms with van der Waals surface area (Å²) in [6.45, 7) is 3.76. The molecule has 0 aliphatic heterocycles. The average Bonchev–Trinajstić information content (AvgIpc) is 2.21. The summed E-state index contributed by atoms with van der Waals surface area (Å²) in [5.74, 6) is 0. The van der Waals surface area contributed by atoms with Gasteiger partial charge in [0.1, 0.15) is 0 Å². The van der Waals surface area contributed by atoms with Crippen LogP contribution in [-0.2, 0) is 0 Å². The lowest BCUT2D eigenvalue weighted by molar-refractivity contribution is 0.132. The number of aliphatic hydroxyl groups excluding tert-OH is 1. The van der Waals surface area contributed by atoms with E-state index in [-0.39, 0.29) is 12.6 Å². The molecule has 0 aliphatic carbocycles. The second-order valence-electron chi connectivity index (χ2n) is 4.27. The van der Waals surface area contributed by atoms with Gasteiger partial charge in [0.2, 0.25) is 0 Å². The highest BCUT2D eigenvalue weighted by Crippen LogP contribution is 2.37. The van der Waals surface area contributed by atoms with E-state index in [1.54, 1.807) is 12.1 Å². The summed E-state index contributed by atoms with van der Waals surface area (Å²) in [7, 11) is 0. The van der Waals surface area contributed by atoms with Crippen molar-refractivity contribution in [2.45, 2.75) is 19.9 Å². The van der Waals surface area contributed by atoms with Crippen molar-refractivity contribution >= 4 is 23.2 Å². The normalized spacial score (nSPS) is 14.0. The van der Waals surface area contributed by atoms with Crippen molar-refractivity contribution in [3.63, 3.8) is 0 Å².